The van der Waals surface area contributed by atoms with E-state index in [1.807, 2.05) is 18.2 Å². The lowest BCUT2D eigenvalue weighted by molar-refractivity contribution is -0.133. The van der Waals surface area contributed by atoms with Crippen LogP contribution in [-0.2, 0) is 4.79 Å². The van der Waals surface area contributed by atoms with Crippen LogP contribution in [0.2, 0.25) is 0 Å². The van der Waals surface area contributed by atoms with E-state index in [4.69, 9.17) is 4.74 Å². The van der Waals surface area contributed by atoms with E-state index in [0.717, 1.165) is 29.6 Å². The molecule has 0 atom stereocenters. The van der Waals surface area contributed by atoms with Gasteiger partial charge in [-0.2, -0.15) is 0 Å². The van der Waals surface area contributed by atoms with Gasteiger partial charge in [0.25, 0.3) is 0 Å². The van der Waals surface area contributed by atoms with Crippen LogP contribution in [0.4, 0.5) is 0 Å². The highest BCUT2D eigenvalue weighted by molar-refractivity contribution is 9.10. The zero-order valence-corrected chi connectivity index (χ0v) is 11.0. The van der Waals surface area contributed by atoms with Gasteiger partial charge in [0.2, 0.25) is 0 Å². The Labute approximate surface area is 109 Å². The standard InChI is InChI=1S/C13H14BrNO2/c14-11-3-1-2-4-12(11)17-13(16)9-10-5-7-15-8-6-10/h1-5,15H,6-9H2. The first-order chi connectivity index (χ1) is 8.25. The molecule has 0 bridgehead atoms. The van der Waals surface area contributed by atoms with Gasteiger partial charge in [-0.25, -0.2) is 0 Å². The van der Waals surface area contributed by atoms with Crippen LogP contribution in [0.15, 0.2) is 40.4 Å². The second-order valence-corrected chi connectivity index (χ2v) is 4.75. The topological polar surface area (TPSA) is 38.3 Å². The number of carbonyl (C=O) groups is 1. The average molecular weight is 296 g/mol. The Kier molecular flexibility index (Phi) is 4.34. The first-order valence-corrected chi connectivity index (χ1v) is 6.39. The third kappa shape index (κ3) is 3.68. The van der Waals surface area contributed by atoms with E-state index in [2.05, 4.69) is 27.3 Å². The molecule has 1 aliphatic heterocycles. The van der Waals surface area contributed by atoms with Crippen molar-refractivity contribution in [1.82, 2.24) is 5.32 Å². The minimum absolute atomic E-state index is 0.204. The molecule has 3 nitrogen and oxygen atoms in total. The summed E-state index contributed by atoms with van der Waals surface area (Å²) in [4.78, 5) is 11.7. The molecule has 0 spiro atoms. The fourth-order valence-corrected chi connectivity index (χ4v) is 2.07. The molecule has 17 heavy (non-hydrogen) atoms. The van der Waals surface area contributed by atoms with Crippen molar-refractivity contribution in [1.29, 1.82) is 0 Å². The molecular weight excluding hydrogens is 282 g/mol. The quantitative estimate of drug-likeness (QED) is 0.529. The minimum Gasteiger partial charge on any atom is -0.425 e. The lowest BCUT2D eigenvalue weighted by Crippen LogP contribution is -2.22. The molecule has 1 aromatic carbocycles. The first kappa shape index (κ1) is 12.3. The molecule has 90 valence electrons. The Morgan fingerprint density at radius 1 is 1.41 bits per heavy atom. The fraction of sp³-hybridized carbons (Fsp3) is 0.308. The summed E-state index contributed by atoms with van der Waals surface area (Å²) in [5.41, 5.74) is 1.15. The zero-order chi connectivity index (χ0) is 12.1. The Hall–Kier alpha value is -1.13. The van der Waals surface area contributed by atoms with Gasteiger partial charge in [0.1, 0.15) is 5.75 Å². The number of nitrogens with one attached hydrogen (secondary N) is 1. The normalized spacial score (nSPS) is 15.2. The predicted octanol–water partition coefficient (Wildman–Crippen LogP) is 2.66. The lowest BCUT2D eigenvalue weighted by Gasteiger charge is -2.13. The highest BCUT2D eigenvalue weighted by atomic mass is 79.9. The minimum atomic E-state index is -0.204. The smallest absolute Gasteiger partial charge is 0.315 e. The van der Waals surface area contributed by atoms with E-state index in [1.165, 1.54) is 0 Å². The second-order valence-electron chi connectivity index (χ2n) is 3.90. The Bertz CT molecular complexity index is 443. The SMILES string of the molecule is O=C(CC1=CCNCC1)Oc1ccccc1Br. The third-order valence-corrected chi connectivity index (χ3v) is 3.24. The van der Waals surface area contributed by atoms with Crippen LogP contribution in [0.3, 0.4) is 0 Å². The summed E-state index contributed by atoms with van der Waals surface area (Å²) < 4.78 is 6.10. The highest BCUT2D eigenvalue weighted by Gasteiger charge is 2.11. The molecule has 0 aromatic heterocycles. The van der Waals surface area contributed by atoms with Gasteiger partial charge in [-0.15, -0.1) is 0 Å². The molecule has 0 amide bonds. The summed E-state index contributed by atoms with van der Waals surface area (Å²) in [6.07, 6.45) is 3.36. The molecular formula is C13H14BrNO2. The maximum atomic E-state index is 11.7. The van der Waals surface area contributed by atoms with Crippen molar-refractivity contribution >= 4 is 21.9 Å². The molecule has 1 N–H and O–H groups in total. The van der Waals surface area contributed by atoms with Gasteiger partial charge in [-0.3, -0.25) is 4.79 Å². The summed E-state index contributed by atoms with van der Waals surface area (Å²) in [5, 5.41) is 3.21. The van der Waals surface area contributed by atoms with E-state index in [9.17, 15) is 4.79 Å². The molecule has 1 aliphatic rings. The predicted molar refractivity (Wildman–Crippen MR) is 70.0 cm³/mol. The van der Waals surface area contributed by atoms with Crippen molar-refractivity contribution in [2.24, 2.45) is 0 Å². The van der Waals surface area contributed by atoms with Gasteiger partial charge in [-0.1, -0.05) is 23.8 Å². The molecule has 2 rings (SSSR count). The number of hydrogen-bond acceptors (Lipinski definition) is 3. The van der Waals surface area contributed by atoms with E-state index >= 15 is 0 Å². The van der Waals surface area contributed by atoms with Crippen molar-refractivity contribution in [2.45, 2.75) is 12.8 Å². The number of esters is 1. The van der Waals surface area contributed by atoms with Gasteiger partial charge in [-0.05, 0) is 41.0 Å². The third-order valence-electron chi connectivity index (χ3n) is 2.59. The number of carbonyl (C=O) groups excluding carboxylic acids is 1. The maximum absolute atomic E-state index is 11.7. The van der Waals surface area contributed by atoms with Crippen LogP contribution in [0.25, 0.3) is 0 Å². The van der Waals surface area contributed by atoms with Crippen LogP contribution < -0.4 is 10.1 Å². The average Bonchev–Trinajstić information content (AvgIpc) is 2.33. The summed E-state index contributed by atoms with van der Waals surface area (Å²) in [6, 6.07) is 7.36. The molecule has 4 heteroatoms. The maximum Gasteiger partial charge on any atom is 0.315 e. The summed E-state index contributed by atoms with van der Waals surface area (Å²) in [6.45, 7) is 1.78. The molecule has 0 fully saturated rings. The summed E-state index contributed by atoms with van der Waals surface area (Å²) >= 11 is 3.35. The molecule has 0 radical (unpaired) electrons. The zero-order valence-electron chi connectivity index (χ0n) is 9.41. The Balaban J connectivity index is 1.93. The monoisotopic (exact) mass is 295 g/mol. The number of benzene rings is 1. The van der Waals surface area contributed by atoms with Gasteiger partial charge in [0, 0.05) is 6.54 Å². The van der Waals surface area contributed by atoms with Crippen LogP contribution in [0, 0.1) is 0 Å². The summed E-state index contributed by atoms with van der Waals surface area (Å²) in [7, 11) is 0. The number of hydrogen-bond donors (Lipinski definition) is 1. The highest BCUT2D eigenvalue weighted by Crippen LogP contribution is 2.24. The molecule has 1 aromatic rings. The first-order valence-electron chi connectivity index (χ1n) is 5.59. The van der Waals surface area contributed by atoms with Crippen LogP contribution in [0.1, 0.15) is 12.8 Å². The second kappa shape index (κ2) is 5.98. The number of ether oxygens (including phenoxy) is 1. The molecule has 0 saturated heterocycles. The van der Waals surface area contributed by atoms with E-state index in [-0.39, 0.29) is 5.97 Å². The fourth-order valence-electron chi connectivity index (χ4n) is 1.70. The lowest BCUT2D eigenvalue weighted by atomic mass is 10.1. The number of rotatable bonds is 3. The van der Waals surface area contributed by atoms with E-state index in [1.54, 1.807) is 6.07 Å². The van der Waals surface area contributed by atoms with Crippen LogP contribution in [0.5, 0.6) is 5.75 Å². The van der Waals surface area contributed by atoms with Crippen molar-refractivity contribution < 1.29 is 9.53 Å². The molecule has 0 aliphatic carbocycles. The molecule has 0 saturated carbocycles. The van der Waals surface area contributed by atoms with E-state index < -0.39 is 0 Å². The van der Waals surface area contributed by atoms with Crippen molar-refractivity contribution in [3.8, 4) is 5.75 Å². The Morgan fingerprint density at radius 3 is 2.94 bits per heavy atom. The number of para-hydroxylation sites is 1. The molecule has 1 heterocycles. The van der Waals surface area contributed by atoms with Gasteiger partial charge in [0.05, 0.1) is 10.9 Å². The van der Waals surface area contributed by atoms with Crippen LogP contribution >= 0.6 is 15.9 Å². The number of halogens is 1. The van der Waals surface area contributed by atoms with E-state index in [0.29, 0.717) is 12.2 Å². The summed E-state index contributed by atoms with van der Waals surface area (Å²) in [5.74, 6) is 0.372. The largest absolute Gasteiger partial charge is 0.425 e. The van der Waals surface area contributed by atoms with Gasteiger partial charge in [0.15, 0.2) is 0 Å². The van der Waals surface area contributed by atoms with Crippen molar-refractivity contribution in [3.63, 3.8) is 0 Å². The van der Waals surface area contributed by atoms with Crippen molar-refractivity contribution in [3.05, 3.63) is 40.4 Å². The van der Waals surface area contributed by atoms with Crippen molar-refractivity contribution in [2.75, 3.05) is 13.1 Å². The van der Waals surface area contributed by atoms with Gasteiger partial charge < -0.3 is 10.1 Å². The Morgan fingerprint density at radius 2 is 2.24 bits per heavy atom. The van der Waals surface area contributed by atoms with Gasteiger partial charge >= 0.3 is 5.97 Å². The molecule has 0 unspecified atom stereocenters. The van der Waals surface area contributed by atoms with Crippen LogP contribution in [-0.4, -0.2) is 19.1 Å².